The highest BCUT2D eigenvalue weighted by Crippen LogP contribution is 2.33. The van der Waals surface area contributed by atoms with E-state index >= 15 is 0 Å². The quantitative estimate of drug-likeness (QED) is 0.431. The van der Waals surface area contributed by atoms with Crippen LogP contribution in [0.2, 0.25) is 10.0 Å². The van der Waals surface area contributed by atoms with E-state index in [0.717, 1.165) is 17.3 Å². The first kappa shape index (κ1) is 25.9. The van der Waals surface area contributed by atoms with E-state index in [1.54, 1.807) is 42.3 Å². The van der Waals surface area contributed by atoms with Gasteiger partial charge in [0.05, 0.1) is 34.1 Å². The van der Waals surface area contributed by atoms with Crippen molar-refractivity contribution in [1.82, 2.24) is 14.5 Å². The highest BCUT2D eigenvalue weighted by Gasteiger charge is 2.27. The molecule has 1 atom stereocenters. The molecule has 1 saturated heterocycles. The molecule has 2 aromatic heterocycles. The van der Waals surface area contributed by atoms with Gasteiger partial charge < -0.3 is 24.8 Å². The molecule has 1 aliphatic heterocycles. The number of fused-ring (bicyclic) bond motifs is 1. The number of halogens is 3. The maximum absolute atomic E-state index is 13.0. The molecule has 1 aliphatic rings. The van der Waals surface area contributed by atoms with Crippen molar-refractivity contribution in [3.63, 3.8) is 0 Å². The van der Waals surface area contributed by atoms with Gasteiger partial charge in [0.15, 0.2) is 0 Å². The van der Waals surface area contributed by atoms with Gasteiger partial charge in [0, 0.05) is 31.1 Å². The number of amides is 2. The standard InChI is InChI=1S/C23H25Cl2N5O3.ClH/c1-3-30-18-7-6-17(24)21(25)16(18)11-19(30)22(31)28-14-5-8-20(26-12-14)27-15-9-10-29(13-15)23(32)33-4-2;/h5-8,11-12,15H,3-4,9-10,13H2,1-2H3,(H,26,27)(H,28,31);1H. The molecule has 11 heteroatoms. The molecule has 0 bridgehead atoms. The van der Waals surface area contributed by atoms with Gasteiger partial charge in [-0.05, 0) is 50.6 Å². The lowest BCUT2D eigenvalue weighted by molar-refractivity contribution is 0.101. The van der Waals surface area contributed by atoms with Crippen molar-refractivity contribution < 1.29 is 14.3 Å². The molecule has 1 unspecified atom stereocenters. The van der Waals surface area contributed by atoms with Gasteiger partial charge in [-0.2, -0.15) is 0 Å². The Morgan fingerprint density at radius 3 is 2.68 bits per heavy atom. The van der Waals surface area contributed by atoms with Gasteiger partial charge in [-0.25, -0.2) is 9.78 Å². The van der Waals surface area contributed by atoms with Crippen molar-refractivity contribution in [2.24, 2.45) is 0 Å². The lowest BCUT2D eigenvalue weighted by atomic mass is 10.2. The summed E-state index contributed by atoms with van der Waals surface area (Å²) < 4.78 is 6.94. The van der Waals surface area contributed by atoms with Crippen LogP contribution >= 0.6 is 35.6 Å². The van der Waals surface area contributed by atoms with Crippen LogP contribution in [0, 0.1) is 0 Å². The molecule has 0 saturated carbocycles. The zero-order valence-corrected chi connectivity index (χ0v) is 21.1. The molecule has 1 fully saturated rings. The van der Waals surface area contributed by atoms with Gasteiger partial charge in [0.2, 0.25) is 0 Å². The highest BCUT2D eigenvalue weighted by molar-refractivity contribution is 6.45. The van der Waals surface area contributed by atoms with Crippen molar-refractivity contribution in [2.45, 2.75) is 32.9 Å². The zero-order chi connectivity index (χ0) is 23.5. The summed E-state index contributed by atoms with van der Waals surface area (Å²) in [7, 11) is 0. The summed E-state index contributed by atoms with van der Waals surface area (Å²) in [6.45, 7) is 5.93. The summed E-state index contributed by atoms with van der Waals surface area (Å²) in [5.74, 6) is 0.413. The van der Waals surface area contributed by atoms with Crippen molar-refractivity contribution in [1.29, 1.82) is 0 Å². The average molecular weight is 527 g/mol. The van der Waals surface area contributed by atoms with E-state index in [-0.39, 0.29) is 30.4 Å². The van der Waals surface area contributed by atoms with Crippen LogP contribution in [0.15, 0.2) is 36.5 Å². The van der Waals surface area contributed by atoms with E-state index in [1.165, 1.54) is 0 Å². The van der Waals surface area contributed by atoms with Crippen LogP contribution in [0.25, 0.3) is 10.9 Å². The summed E-state index contributed by atoms with van der Waals surface area (Å²) in [4.78, 5) is 30.9. The van der Waals surface area contributed by atoms with E-state index in [1.807, 2.05) is 17.6 Å². The number of carbonyl (C=O) groups is 2. The van der Waals surface area contributed by atoms with Crippen molar-refractivity contribution >= 4 is 70.0 Å². The number of nitrogens with zero attached hydrogens (tertiary/aromatic N) is 3. The SMILES string of the molecule is CCOC(=O)N1CCC(Nc2ccc(NC(=O)c3cc4c(Cl)c(Cl)ccc4n3CC)cn2)C1.Cl. The third-order valence-corrected chi connectivity index (χ3v) is 6.43. The first-order valence-electron chi connectivity index (χ1n) is 10.8. The van der Waals surface area contributed by atoms with Crippen molar-refractivity contribution in [3.8, 4) is 0 Å². The minimum atomic E-state index is -0.291. The Labute approximate surface area is 214 Å². The second-order valence-electron chi connectivity index (χ2n) is 7.73. The number of pyridine rings is 1. The Balaban J connectivity index is 0.00000324. The smallest absolute Gasteiger partial charge is 0.409 e. The Bertz CT molecular complexity index is 1180. The molecule has 0 radical (unpaired) electrons. The molecule has 2 N–H and O–H groups in total. The van der Waals surface area contributed by atoms with Crippen LogP contribution < -0.4 is 10.6 Å². The number of hydrogen-bond acceptors (Lipinski definition) is 5. The number of hydrogen-bond donors (Lipinski definition) is 2. The lowest BCUT2D eigenvalue weighted by Crippen LogP contribution is -2.32. The van der Waals surface area contributed by atoms with Gasteiger partial charge in [0.25, 0.3) is 5.91 Å². The topological polar surface area (TPSA) is 88.5 Å². The Morgan fingerprint density at radius 1 is 1.21 bits per heavy atom. The van der Waals surface area contributed by atoms with Crippen LogP contribution in [-0.2, 0) is 11.3 Å². The molecular weight excluding hydrogens is 501 g/mol. The number of ether oxygens (including phenoxy) is 1. The van der Waals surface area contributed by atoms with Crippen LogP contribution in [0.5, 0.6) is 0 Å². The van der Waals surface area contributed by atoms with Crippen LogP contribution in [0.1, 0.15) is 30.8 Å². The van der Waals surface area contributed by atoms with Gasteiger partial charge in [-0.1, -0.05) is 23.2 Å². The summed E-state index contributed by atoms with van der Waals surface area (Å²) in [5, 5.41) is 7.83. The number of carbonyl (C=O) groups excluding carboxylic acids is 2. The molecule has 34 heavy (non-hydrogen) atoms. The van der Waals surface area contributed by atoms with Crippen LogP contribution in [-0.4, -0.2) is 52.2 Å². The molecule has 182 valence electrons. The number of aryl methyl sites for hydroxylation is 1. The molecule has 8 nitrogen and oxygen atoms in total. The summed E-state index contributed by atoms with van der Waals surface area (Å²) >= 11 is 12.5. The third-order valence-electron chi connectivity index (χ3n) is 5.61. The average Bonchev–Trinajstić information content (AvgIpc) is 3.43. The Morgan fingerprint density at radius 2 is 2.00 bits per heavy atom. The van der Waals surface area contributed by atoms with Gasteiger partial charge >= 0.3 is 6.09 Å². The summed E-state index contributed by atoms with van der Waals surface area (Å²) in [5.41, 5.74) is 1.91. The van der Waals surface area contributed by atoms with Crippen molar-refractivity contribution in [2.75, 3.05) is 30.3 Å². The molecule has 4 rings (SSSR count). The second kappa shape index (κ2) is 11.2. The molecule has 1 aromatic carbocycles. The maximum Gasteiger partial charge on any atom is 0.409 e. The van der Waals surface area contributed by atoms with E-state index in [2.05, 4.69) is 15.6 Å². The summed E-state index contributed by atoms with van der Waals surface area (Å²) in [6.07, 6.45) is 2.12. The lowest BCUT2D eigenvalue weighted by Gasteiger charge is -2.16. The maximum atomic E-state index is 13.0. The van der Waals surface area contributed by atoms with Gasteiger partial charge in [0.1, 0.15) is 11.5 Å². The van der Waals surface area contributed by atoms with Gasteiger partial charge in [-0.15, -0.1) is 12.4 Å². The normalized spacial score (nSPS) is 15.2. The molecule has 2 amide bonds. The number of aromatic nitrogens is 2. The van der Waals surface area contributed by atoms with E-state index in [0.29, 0.717) is 53.5 Å². The largest absolute Gasteiger partial charge is 0.450 e. The second-order valence-corrected chi connectivity index (χ2v) is 8.51. The van der Waals surface area contributed by atoms with Gasteiger partial charge in [-0.3, -0.25) is 4.79 Å². The van der Waals surface area contributed by atoms with E-state index in [4.69, 9.17) is 27.9 Å². The van der Waals surface area contributed by atoms with Crippen LogP contribution in [0.4, 0.5) is 16.3 Å². The third kappa shape index (κ3) is 5.35. The minimum Gasteiger partial charge on any atom is -0.450 e. The number of likely N-dealkylation sites (tertiary alicyclic amines) is 1. The molecule has 0 aliphatic carbocycles. The van der Waals surface area contributed by atoms with E-state index < -0.39 is 0 Å². The minimum absolute atomic E-state index is 0. The van der Waals surface area contributed by atoms with Crippen molar-refractivity contribution in [3.05, 3.63) is 52.3 Å². The number of anilines is 2. The molecular formula is C23H26Cl3N5O3. The molecule has 3 heterocycles. The fourth-order valence-corrected chi connectivity index (χ4v) is 4.40. The molecule has 0 spiro atoms. The predicted octanol–water partition coefficient (Wildman–Crippen LogP) is 5.68. The fourth-order valence-electron chi connectivity index (χ4n) is 4.02. The first-order valence-corrected chi connectivity index (χ1v) is 11.6. The van der Waals surface area contributed by atoms with Crippen LogP contribution in [0.3, 0.4) is 0 Å². The predicted molar refractivity (Wildman–Crippen MR) is 138 cm³/mol. The monoisotopic (exact) mass is 525 g/mol. The fraction of sp³-hybridized carbons (Fsp3) is 0.348. The Kier molecular flexibility index (Phi) is 8.52. The van der Waals surface area contributed by atoms with E-state index in [9.17, 15) is 9.59 Å². The number of nitrogens with one attached hydrogen (secondary N) is 2. The number of benzene rings is 1. The highest BCUT2D eigenvalue weighted by atomic mass is 35.5. The summed E-state index contributed by atoms with van der Waals surface area (Å²) in [6, 6.07) is 9.02. The Hall–Kier alpha value is -2.68. The zero-order valence-electron chi connectivity index (χ0n) is 18.8. The first-order chi connectivity index (χ1) is 15.9. The number of rotatable bonds is 6. The molecule has 3 aromatic rings.